The third-order valence-electron chi connectivity index (χ3n) is 2.57. The van der Waals surface area contributed by atoms with Gasteiger partial charge in [-0.25, -0.2) is 4.39 Å². The smallest absolute Gasteiger partial charge is 0.131 e. The normalized spacial score (nSPS) is 12.7. The minimum Gasteiger partial charge on any atom is -0.323 e. The molecule has 2 N–H and O–H groups in total. The van der Waals surface area contributed by atoms with Crippen LogP contribution in [0.15, 0.2) is 36.4 Å². The summed E-state index contributed by atoms with van der Waals surface area (Å²) in [6.45, 7) is 2.05. The summed E-state index contributed by atoms with van der Waals surface area (Å²) in [6.07, 6.45) is 0.900. The van der Waals surface area contributed by atoms with E-state index in [0.29, 0.717) is 5.56 Å². The standard InChI is InChI=1S/C13H14FNS/c1-2-11(15)13-8-7-12(16-13)9-5-3-4-6-10(9)14/h3-8,11H,2,15H2,1H3. The molecule has 0 saturated heterocycles. The largest absolute Gasteiger partial charge is 0.323 e. The molecular weight excluding hydrogens is 221 g/mol. The van der Waals surface area contributed by atoms with Crippen molar-refractivity contribution in [1.29, 1.82) is 0 Å². The van der Waals surface area contributed by atoms with Crippen molar-refractivity contribution in [2.75, 3.05) is 0 Å². The molecule has 0 aliphatic carbocycles. The van der Waals surface area contributed by atoms with Gasteiger partial charge in [0.25, 0.3) is 0 Å². The molecule has 0 aliphatic rings. The molecule has 0 amide bonds. The third kappa shape index (κ3) is 2.15. The summed E-state index contributed by atoms with van der Waals surface area (Å²) in [5.41, 5.74) is 6.60. The molecule has 0 fully saturated rings. The van der Waals surface area contributed by atoms with Crippen molar-refractivity contribution in [3.63, 3.8) is 0 Å². The highest BCUT2D eigenvalue weighted by atomic mass is 32.1. The van der Waals surface area contributed by atoms with Crippen LogP contribution >= 0.6 is 11.3 Å². The van der Waals surface area contributed by atoms with Crippen LogP contribution in [0.2, 0.25) is 0 Å². The van der Waals surface area contributed by atoms with Gasteiger partial charge in [0.05, 0.1) is 0 Å². The molecule has 1 heterocycles. The number of hydrogen-bond donors (Lipinski definition) is 1. The van der Waals surface area contributed by atoms with Crippen LogP contribution in [0.5, 0.6) is 0 Å². The van der Waals surface area contributed by atoms with E-state index in [1.54, 1.807) is 23.5 Å². The van der Waals surface area contributed by atoms with Crippen molar-refractivity contribution in [1.82, 2.24) is 0 Å². The Kier molecular flexibility index (Phi) is 3.36. The van der Waals surface area contributed by atoms with Crippen LogP contribution in [0.3, 0.4) is 0 Å². The average molecular weight is 235 g/mol. The molecule has 1 aromatic carbocycles. The zero-order valence-electron chi connectivity index (χ0n) is 9.11. The summed E-state index contributed by atoms with van der Waals surface area (Å²) in [5, 5.41) is 0. The van der Waals surface area contributed by atoms with Crippen molar-refractivity contribution < 1.29 is 4.39 Å². The van der Waals surface area contributed by atoms with Gasteiger partial charge in [-0.15, -0.1) is 11.3 Å². The van der Waals surface area contributed by atoms with Gasteiger partial charge in [0.1, 0.15) is 5.82 Å². The van der Waals surface area contributed by atoms with E-state index in [4.69, 9.17) is 5.73 Å². The number of hydrogen-bond acceptors (Lipinski definition) is 2. The van der Waals surface area contributed by atoms with Crippen molar-refractivity contribution in [2.45, 2.75) is 19.4 Å². The minimum atomic E-state index is -0.180. The van der Waals surface area contributed by atoms with Crippen LogP contribution < -0.4 is 5.73 Å². The van der Waals surface area contributed by atoms with E-state index in [2.05, 4.69) is 0 Å². The van der Waals surface area contributed by atoms with Gasteiger partial charge in [-0.05, 0) is 24.6 Å². The molecule has 1 unspecified atom stereocenters. The molecule has 2 rings (SSSR count). The second kappa shape index (κ2) is 4.76. The molecule has 0 saturated carbocycles. The van der Waals surface area contributed by atoms with Gasteiger partial charge in [0, 0.05) is 21.4 Å². The molecular formula is C13H14FNS. The van der Waals surface area contributed by atoms with E-state index in [9.17, 15) is 4.39 Å². The van der Waals surface area contributed by atoms with Gasteiger partial charge in [-0.1, -0.05) is 25.1 Å². The molecule has 0 spiro atoms. The summed E-state index contributed by atoms with van der Waals surface area (Å²) in [4.78, 5) is 2.05. The highest BCUT2D eigenvalue weighted by molar-refractivity contribution is 7.15. The van der Waals surface area contributed by atoms with Gasteiger partial charge in [-0.3, -0.25) is 0 Å². The fourth-order valence-electron chi connectivity index (χ4n) is 1.56. The van der Waals surface area contributed by atoms with Crippen LogP contribution in [-0.4, -0.2) is 0 Å². The Morgan fingerprint density at radius 3 is 2.69 bits per heavy atom. The Balaban J connectivity index is 2.35. The van der Waals surface area contributed by atoms with Crippen LogP contribution in [0, 0.1) is 5.82 Å². The fourth-order valence-corrected chi connectivity index (χ4v) is 2.68. The van der Waals surface area contributed by atoms with Crippen LogP contribution in [-0.2, 0) is 0 Å². The summed E-state index contributed by atoms with van der Waals surface area (Å²) >= 11 is 1.57. The molecule has 0 radical (unpaired) electrons. The Bertz CT molecular complexity index is 478. The monoisotopic (exact) mass is 235 g/mol. The first kappa shape index (κ1) is 11.3. The summed E-state index contributed by atoms with van der Waals surface area (Å²) in [6, 6.07) is 10.8. The van der Waals surface area contributed by atoms with E-state index in [1.165, 1.54) is 6.07 Å². The lowest BCUT2D eigenvalue weighted by Gasteiger charge is -2.04. The maximum atomic E-state index is 13.5. The summed E-state index contributed by atoms with van der Waals surface area (Å²) in [5.74, 6) is -0.180. The molecule has 84 valence electrons. The zero-order chi connectivity index (χ0) is 11.5. The van der Waals surface area contributed by atoms with Gasteiger partial charge in [-0.2, -0.15) is 0 Å². The highest BCUT2D eigenvalue weighted by Crippen LogP contribution is 2.32. The van der Waals surface area contributed by atoms with Crippen molar-refractivity contribution in [3.05, 3.63) is 47.1 Å². The SMILES string of the molecule is CCC(N)c1ccc(-c2ccccc2F)s1. The molecule has 1 atom stereocenters. The van der Waals surface area contributed by atoms with E-state index >= 15 is 0 Å². The Morgan fingerprint density at radius 1 is 1.25 bits per heavy atom. The summed E-state index contributed by atoms with van der Waals surface area (Å²) in [7, 11) is 0. The molecule has 1 nitrogen and oxygen atoms in total. The highest BCUT2D eigenvalue weighted by Gasteiger charge is 2.10. The van der Waals surface area contributed by atoms with E-state index in [1.807, 2.05) is 25.1 Å². The van der Waals surface area contributed by atoms with Crippen molar-refractivity contribution >= 4 is 11.3 Å². The van der Waals surface area contributed by atoms with Crippen LogP contribution in [0.25, 0.3) is 10.4 Å². The van der Waals surface area contributed by atoms with Gasteiger partial charge >= 0.3 is 0 Å². The molecule has 3 heteroatoms. The van der Waals surface area contributed by atoms with Gasteiger partial charge < -0.3 is 5.73 Å². The Labute approximate surface area is 98.7 Å². The second-order valence-electron chi connectivity index (χ2n) is 3.70. The average Bonchev–Trinajstić information content (AvgIpc) is 2.78. The predicted octanol–water partition coefficient (Wildman–Crippen LogP) is 3.96. The molecule has 1 aromatic heterocycles. The van der Waals surface area contributed by atoms with Crippen molar-refractivity contribution in [3.8, 4) is 10.4 Å². The van der Waals surface area contributed by atoms with Crippen molar-refractivity contribution in [2.24, 2.45) is 5.73 Å². The first-order valence-electron chi connectivity index (χ1n) is 5.32. The Hall–Kier alpha value is -1.19. The zero-order valence-corrected chi connectivity index (χ0v) is 9.93. The second-order valence-corrected chi connectivity index (χ2v) is 4.81. The molecule has 0 bridgehead atoms. The van der Waals surface area contributed by atoms with E-state index in [-0.39, 0.29) is 11.9 Å². The lowest BCUT2D eigenvalue weighted by molar-refractivity contribution is 0.631. The topological polar surface area (TPSA) is 26.0 Å². The van der Waals surface area contributed by atoms with E-state index < -0.39 is 0 Å². The number of benzene rings is 1. The molecule has 0 aliphatic heterocycles. The maximum Gasteiger partial charge on any atom is 0.131 e. The van der Waals surface area contributed by atoms with Gasteiger partial charge in [0.2, 0.25) is 0 Å². The number of halogens is 1. The first-order chi connectivity index (χ1) is 7.72. The van der Waals surface area contributed by atoms with Gasteiger partial charge in [0.15, 0.2) is 0 Å². The fraction of sp³-hybridized carbons (Fsp3) is 0.231. The Morgan fingerprint density at radius 2 is 2.00 bits per heavy atom. The minimum absolute atomic E-state index is 0.0607. The number of thiophene rings is 1. The lowest BCUT2D eigenvalue weighted by Crippen LogP contribution is -2.05. The first-order valence-corrected chi connectivity index (χ1v) is 6.14. The molecule has 2 aromatic rings. The third-order valence-corrected chi connectivity index (χ3v) is 3.82. The lowest BCUT2D eigenvalue weighted by atomic mass is 10.1. The number of rotatable bonds is 3. The van der Waals surface area contributed by atoms with E-state index in [0.717, 1.165) is 16.2 Å². The molecule has 16 heavy (non-hydrogen) atoms. The number of nitrogens with two attached hydrogens (primary N) is 1. The maximum absolute atomic E-state index is 13.5. The van der Waals surface area contributed by atoms with Crippen LogP contribution in [0.1, 0.15) is 24.3 Å². The quantitative estimate of drug-likeness (QED) is 0.856. The van der Waals surface area contributed by atoms with Crippen LogP contribution in [0.4, 0.5) is 4.39 Å². The summed E-state index contributed by atoms with van der Waals surface area (Å²) < 4.78 is 13.5. The predicted molar refractivity (Wildman–Crippen MR) is 66.9 cm³/mol.